The summed E-state index contributed by atoms with van der Waals surface area (Å²) in [5, 5.41) is 4.02. The van der Waals surface area contributed by atoms with Gasteiger partial charge in [0.05, 0.1) is 7.11 Å². The number of ether oxygens (including phenoxy) is 1. The smallest absolute Gasteiger partial charge is 0.333 e. The fourth-order valence-corrected chi connectivity index (χ4v) is 1.87. The van der Waals surface area contributed by atoms with Crippen LogP contribution >= 0.6 is 11.6 Å². The molecule has 1 unspecified atom stereocenters. The summed E-state index contributed by atoms with van der Waals surface area (Å²) in [5.74, 6) is -0.304. The van der Waals surface area contributed by atoms with E-state index < -0.39 is 0 Å². The topological polar surface area (TPSA) is 38.3 Å². The molecule has 0 fully saturated rings. The van der Waals surface area contributed by atoms with Gasteiger partial charge < -0.3 is 10.1 Å². The fraction of sp³-hybridized carbons (Fsp3) is 0.357. The normalized spacial score (nSPS) is 13.2. The average Bonchev–Trinajstić information content (AvgIpc) is 2.37. The molecule has 18 heavy (non-hydrogen) atoms. The Morgan fingerprint density at radius 1 is 1.50 bits per heavy atom. The maximum atomic E-state index is 11.2. The Morgan fingerprint density at radius 3 is 2.78 bits per heavy atom. The highest BCUT2D eigenvalue weighted by Crippen LogP contribution is 2.21. The molecule has 0 aliphatic rings. The second kappa shape index (κ2) is 7.19. The van der Waals surface area contributed by atoms with Crippen LogP contribution in [0.1, 0.15) is 25.5 Å². The van der Waals surface area contributed by atoms with Crippen molar-refractivity contribution in [1.82, 2.24) is 5.32 Å². The Labute approximate surface area is 113 Å². The van der Waals surface area contributed by atoms with Crippen molar-refractivity contribution in [1.29, 1.82) is 0 Å². The minimum absolute atomic E-state index is 0.125. The summed E-state index contributed by atoms with van der Waals surface area (Å²) >= 11 is 6.10. The summed E-state index contributed by atoms with van der Waals surface area (Å²) in [6, 6.07) is 7.83. The lowest BCUT2D eigenvalue weighted by Crippen LogP contribution is -2.19. The number of methoxy groups -OCH3 is 1. The highest BCUT2D eigenvalue weighted by atomic mass is 35.5. The van der Waals surface area contributed by atoms with Crippen LogP contribution in [0.4, 0.5) is 0 Å². The van der Waals surface area contributed by atoms with Crippen LogP contribution in [0.5, 0.6) is 0 Å². The molecule has 1 aromatic rings. The lowest BCUT2D eigenvalue weighted by atomic mass is 10.1. The van der Waals surface area contributed by atoms with Crippen LogP contribution in [0.25, 0.3) is 0 Å². The molecule has 0 spiro atoms. The van der Waals surface area contributed by atoms with E-state index in [0.717, 1.165) is 10.6 Å². The number of carbonyl (C=O) groups excluding carboxylic acids is 1. The van der Waals surface area contributed by atoms with E-state index in [1.807, 2.05) is 31.2 Å². The number of esters is 1. The molecule has 1 rings (SSSR count). The number of hydrogen-bond acceptors (Lipinski definition) is 3. The first-order valence-electron chi connectivity index (χ1n) is 5.79. The molecule has 4 heteroatoms. The largest absolute Gasteiger partial charge is 0.466 e. The summed E-state index contributed by atoms with van der Waals surface area (Å²) in [7, 11) is 1.37. The van der Waals surface area contributed by atoms with Gasteiger partial charge in [0.2, 0.25) is 0 Å². The molecule has 0 saturated carbocycles. The Hall–Kier alpha value is -1.32. The first kappa shape index (κ1) is 14.7. The van der Waals surface area contributed by atoms with E-state index in [1.165, 1.54) is 7.11 Å². The van der Waals surface area contributed by atoms with Gasteiger partial charge in [-0.1, -0.05) is 35.9 Å². The molecule has 1 atom stereocenters. The van der Waals surface area contributed by atoms with Crippen LogP contribution in [0.3, 0.4) is 0 Å². The van der Waals surface area contributed by atoms with E-state index >= 15 is 0 Å². The number of carbonyl (C=O) groups is 1. The van der Waals surface area contributed by atoms with Crippen LogP contribution in [0.15, 0.2) is 35.9 Å². The maximum Gasteiger partial charge on any atom is 0.333 e. The maximum absolute atomic E-state index is 11.2. The van der Waals surface area contributed by atoms with Gasteiger partial charge in [-0.2, -0.15) is 0 Å². The molecular weight excluding hydrogens is 250 g/mol. The molecule has 0 radical (unpaired) electrons. The van der Waals surface area contributed by atoms with Crippen molar-refractivity contribution >= 4 is 17.6 Å². The predicted octanol–water partition coefficient (Wildman–Crippen LogP) is 3.11. The van der Waals surface area contributed by atoms with Gasteiger partial charge in [-0.3, -0.25) is 0 Å². The van der Waals surface area contributed by atoms with E-state index in [4.69, 9.17) is 11.6 Å². The van der Waals surface area contributed by atoms with Crippen molar-refractivity contribution in [3.8, 4) is 0 Å². The molecule has 0 aliphatic carbocycles. The van der Waals surface area contributed by atoms with Gasteiger partial charge in [-0.05, 0) is 25.5 Å². The van der Waals surface area contributed by atoms with Gasteiger partial charge in [-0.25, -0.2) is 4.79 Å². The minimum atomic E-state index is -0.304. The summed E-state index contributed by atoms with van der Waals surface area (Å²) in [4.78, 5) is 11.2. The van der Waals surface area contributed by atoms with Crippen LogP contribution < -0.4 is 5.32 Å². The second-order valence-electron chi connectivity index (χ2n) is 4.03. The zero-order valence-electron chi connectivity index (χ0n) is 10.9. The van der Waals surface area contributed by atoms with Crippen LogP contribution in [-0.2, 0) is 9.53 Å². The Kier molecular flexibility index (Phi) is 5.89. The van der Waals surface area contributed by atoms with Crippen molar-refractivity contribution in [3.63, 3.8) is 0 Å². The van der Waals surface area contributed by atoms with Crippen LogP contribution in [0, 0.1) is 0 Å². The number of benzene rings is 1. The Bertz CT molecular complexity index is 443. The molecule has 0 amide bonds. The number of hydrogen-bond donors (Lipinski definition) is 1. The van der Waals surface area contributed by atoms with Crippen molar-refractivity contribution in [3.05, 3.63) is 46.5 Å². The second-order valence-corrected chi connectivity index (χ2v) is 4.44. The molecule has 0 saturated heterocycles. The van der Waals surface area contributed by atoms with Gasteiger partial charge in [0.1, 0.15) is 0 Å². The van der Waals surface area contributed by atoms with Crippen LogP contribution in [0.2, 0.25) is 5.02 Å². The van der Waals surface area contributed by atoms with E-state index in [9.17, 15) is 4.79 Å². The fourth-order valence-electron chi connectivity index (χ4n) is 1.57. The molecule has 0 aromatic heterocycles. The molecule has 1 N–H and O–H groups in total. The third-order valence-electron chi connectivity index (χ3n) is 2.71. The van der Waals surface area contributed by atoms with Gasteiger partial charge in [0, 0.05) is 23.2 Å². The lowest BCUT2D eigenvalue weighted by Gasteiger charge is -2.14. The Morgan fingerprint density at radius 2 is 2.17 bits per heavy atom. The minimum Gasteiger partial charge on any atom is -0.466 e. The van der Waals surface area contributed by atoms with Gasteiger partial charge in [-0.15, -0.1) is 0 Å². The van der Waals surface area contributed by atoms with Gasteiger partial charge >= 0.3 is 5.97 Å². The molecule has 0 bridgehead atoms. The summed E-state index contributed by atoms with van der Waals surface area (Å²) in [6.07, 6.45) is 1.80. The molecular formula is C14H18ClNO2. The van der Waals surface area contributed by atoms with E-state index in [0.29, 0.717) is 12.1 Å². The standard InChI is InChI=1S/C14H18ClNO2/c1-10(14(17)18-3)8-9-16-11(2)12-6-4-5-7-13(12)15/h4-8,11,16H,9H2,1-3H3/b10-8+. The van der Waals surface area contributed by atoms with E-state index in [1.54, 1.807) is 13.0 Å². The zero-order chi connectivity index (χ0) is 13.5. The number of halogens is 1. The first-order valence-corrected chi connectivity index (χ1v) is 6.17. The summed E-state index contributed by atoms with van der Waals surface area (Å²) in [5.41, 5.74) is 1.64. The molecule has 1 aromatic carbocycles. The van der Waals surface area contributed by atoms with Crippen molar-refractivity contribution in [2.75, 3.05) is 13.7 Å². The molecule has 0 aliphatic heterocycles. The number of nitrogens with one attached hydrogen (secondary N) is 1. The highest BCUT2D eigenvalue weighted by molar-refractivity contribution is 6.31. The van der Waals surface area contributed by atoms with E-state index in [-0.39, 0.29) is 12.0 Å². The monoisotopic (exact) mass is 267 g/mol. The Balaban J connectivity index is 2.55. The summed E-state index contributed by atoms with van der Waals surface area (Å²) < 4.78 is 4.62. The van der Waals surface area contributed by atoms with Crippen LogP contribution in [-0.4, -0.2) is 19.6 Å². The number of rotatable bonds is 5. The predicted molar refractivity (Wildman–Crippen MR) is 73.6 cm³/mol. The van der Waals surface area contributed by atoms with Crippen molar-refractivity contribution in [2.45, 2.75) is 19.9 Å². The lowest BCUT2D eigenvalue weighted by molar-refractivity contribution is -0.136. The summed E-state index contributed by atoms with van der Waals surface area (Å²) in [6.45, 7) is 4.35. The highest BCUT2D eigenvalue weighted by Gasteiger charge is 2.08. The third-order valence-corrected chi connectivity index (χ3v) is 3.06. The van der Waals surface area contributed by atoms with Crippen molar-refractivity contribution < 1.29 is 9.53 Å². The molecule has 3 nitrogen and oxygen atoms in total. The zero-order valence-corrected chi connectivity index (χ0v) is 11.6. The first-order chi connectivity index (χ1) is 8.56. The van der Waals surface area contributed by atoms with Crippen molar-refractivity contribution in [2.24, 2.45) is 0 Å². The SMILES string of the molecule is COC(=O)/C(C)=C/CNC(C)c1ccccc1Cl. The third kappa shape index (κ3) is 4.17. The van der Waals surface area contributed by atoms with Gasteiger partial charge in [0.15, 0.2) is 0 Å². The molecule has 0 heterocycles. The average molecular weight is 268 g/mol. The van der Waals surface area contributed by atoms with E-state index in [2.05, 4.69) is 10.1 Å². The molecule has 98 valence electrons. The quantitative estimate of drug-likeness (QED) is 0.658. The van der Waals surface area contributed by atoms with Gasteiger partial charge in [0.25, 0.3) is 0 Å².